The number of nitrogens with zero attached hydrogens (tertiary/aromatic N) is 1. The molecule has 1 heterocycles. The van der Waals surface area contributed by atoms with E-state index in [1.807, 2.05) is 6.92 Å². The number of piperidine rings is 1. The number of carbonyl (C=O) groups excluding carboxylic acids is 3. The van der Waals surface area contributed by atoms with Crippen LogP contribution in [-0.2, 0) is 14.8 Å². The number of sulfonamides is 1. The summed E-state index contributed by atoms with van der Waals surface area (Å²) < 4.78 is 27.2. The molecule has 9 nitrogen and oxygen atoms in total. The van der Waals surface area contributed by atoms with Gasteiger partial charge in [0, 0.05) is 42.5 Å². The lowest BCUT2D eigenvalue weighted by atomic mass is 9.97. The molecule has 10 heteroatoms. The lowest BCUT2D eigenvalue weighted by Crippen LogP contribution is -2.41. The number of carbonyl (C=O) groups is 3. The van der Waals surface area contributed by atoms with Gasteiger partial charge in [-0.2, -0.15) is 4.31 Å². The zero-order chi connectivity index (χ0) is 24.0. The number of anilines is 2. The van der Waals surface area contributed by atoms with Crippen molar-refractivity contribution in [3.8, 4) is 0 Å². The van der Waals surface area contributed by atoms with Crippen molar-refractivity contribution in [2.75, 3.05) is 30.3 Å². The summed E-state index contributed by atoms with van der Waals surface area (Å²) >= 11 is 0. The Hall–Kier alpha value is -3.24. The molecule has 0 aromatic heterocycles. The molecule has 3 amide bonds. The molecule has 0 radical (unpaired) electrons. The van der Waals surface area contributed by atoms with Crippen molar-refractivity contribution in [3.05, 3.63) is 54.1 Å². The van der Waals surface area contributed by atoms with Gasteiger partial charge < -0.3 is 16.0 Å². The molecule has 2 aromatic rings. The molecule has 1 saturated heterocycles. The Morgan fingerprint density at radius 1 is 0.970 bits per heavy atom. The lowest BCUT2D eigenvalue weighted by Gasteiger charge is -2.30. The highest BCUT2D eigenvalue weighted by Crippen LogP contribution is 2.25. The van der Waals surface area contributed by atoms with Crippen LogP contribution in [0.3, 0.4) is 0 Å². The van der Waals surface area contributed by atoms with E-state index in [9.17, 15) is 22.8 Å². The highest BCUT2D eigenvalue weighted by Gasteiger charge is 2.32. The molecule has 0 unspecified atom stereocenters. The Labute approximate surface area is 193 Å². The van der Waals surface area contributed by atoms with Gasteiger partial charge in [0.2, 0.25) is 15.9 Å². The Bertz CT molecular complexity index is 1120. The molecule has 1 fully saturated rings. The van der Waals surface area contributed by atoms with Crippen molar-refractivity contribution in [1.82, 2.24) is 9.62 Å². The highest BCUT2D eigenvalue weighted by molar-refractivity contribution is 7.89. The third-order valence-corrected chi connectivity index (χ3v) is 7.36. The number of hydrogen-bond acceptors (Lipinski definition) is 5. The van der Waals surface area contributed by atoms with Crippen LogP contribution in [0, 0.1) is 5.92 Å². The van der Waals surface area contributed by atoms with Crippen molar-refractivity contribution in [2.24, 2.45) is 5.92 Å². The molecule has 0 spiro atoms. The van der Waals surface area contributed by atoms with Crippen LogP contribution in [0.1, 0.15) is 37.0 Å². The summed E-state index contributed by atoms with van der Waals surface area (Å²) in [6, 6.07) is 12.4. The van der Waals surface area contributed by atoms with Crippen molar-refractivity contribution in [1.29, 1.82) is 0 Å². The summed E-state index contributed by atoms with van der Waals surface area (Å²) in [6.07, 6.45) is 0.793. The van der Waals surface area contributed by atoms with Crippen LogP contribution in [-0.4, -0.2) is 50.1 Å². The van der Waals surface area contributed by atoms with Gasteiger partial charge in [-0.25, -0.2) is 13.2 Å². The molecule has 3 rings (SSSR count). The number of nitrogens with one attached hydrogen (secondary N) is 3. The molecule has 0 saturated carbocycles. The maximum atomic E-state index is 12.9. The summed E-state index contributed by atoms with van der Waals surface area (Å²) in [6.45, 7) is 4.20. The summed E-state index contributed by atoms with van der Waals surface area (Å²) in [5.74, 6) is -0.638. The van der Waals surface area contributed by atoms with Gasteiger partial charge in [-0.1, -0.05) is 18.2 Å². The van der Waals surface area contributed by atoms with E-state index in [1.165, 1.54) is 35.5 Å². The molecular weight excluding hydrogens is 444 g/mol. The molecule has 1 aliphatic rings. The van der Waals surface area contributed by atoms with E-state index in [1.54, 1.807) is 24.3 Å². The zero-order valence-corrected chi connectivity index (χ0v) is 19.4. The number of ketones is 1. The monoisotopic (exact) mass is 472 g/mol. The van der Waals surface area contributed by atoms with E-state index in [0.717, 1.165) is 0 Å². The van der Waals surface area contributed by atoms with Gasteiger partial charge in [0.15, 0.2) is 5.78 Å². The summed E-state index contributed by atoms with van der Waals surface area (Å²) in [5.41, 5.74) is 1.56. The Morgan fingerprint density at radius 3 is 2.15 bits per heavy atom. The number of benzene rings is 2. The average Bonchev–Trinajstić information content (AvgIpc) is 2.79. The third-order valence-electron chi connectivity index (χ3n) is 5.45. The molecule has 0 atom stereocenters. The van der Waals surface area contributed by atoms with Crippen LogP contribution in [0.25, 0.3) is 0 Å². The standard InChI is InChI=1S/C23H28N4O5S/c1-3-24-23(30)26-20-6-4-5-19(15-20)25-22(29)18-11-13-27(14-12-18)33(31,32)21-9-7-17(8-10-21)16(2)28/h4-10,15,18H,3,11-14H2,1-2H3,(H,25,29)(H2,24,26,30). The Morgan fingerprint density at radius 2 is 1.58 bits per heavy atom. The second kappa shape index (κ2) is 10.6. The first-order chi connectivity index (χ1) is 15.7. The van der Waals surface area contributed by atoms with Crippen LogP contribution in [0.4, 0.5) is 16.2 Å². The van der Waals surface area contributed by atoms with E-state index in [-0.39, 0.29) is 41.6 Å². The highest BCUT2D eigenvalue weighted by atomic mass is 32.2. The number of Topliss-reactive ketones (excluding diaryl/α,β-unsaturated/α-hetero) is 1. The second-order valence-corrected chi connectivity index (χ2v) is 9.75. The summed E-state index contributed by atoms with van der Waals surface area (Å²) in [7, 11) is -3.69. The minimum absolute atomic E-state index is 0.128. The van der Waals surface area contributed by atoms with E-state index in [4.69, 9.17) is 0 Å². The largest absolute Gasteiger partial charge is 0.338 e. The predicted molar refractivity (Wildman–Crippen MR) is 126 cm³/mol. The van der Waals surface area contributed by atoms with Gasteiger partial charge in [0.05, 0.1) is 4.90 Å². The number of urea groups is 1. The number of amides is 3. The lowest BCUT2D eigenvalue weighted by molar-refractivity contribution is -0.120. The number of rotatable bonds is 7. The topological polar surface area (TPSA) is 125 Å². The van der Waals surface area contributed by atoms with Crippen molar-refractivity contribution < 1.29 is 22.8 Å². The van der Waals surface area contributed by atoms with Crippen LogP contribution in [0.15, 0.2) is 53.4 Å². The van der Waals surface area contributed by atoms with Crippen LogP contribution in [0.2, 0.25) is 0 Å². The molecule has 2 aromatic carbocycles. The Balaban J connectivity index is 1.57. The van der Waals surface area contributed by atoms with Gasteiger partial charge in [0.1, 0.15) is 0 Å². The smallest absolute Gasteiger partial charge is 0.319 e. The maximum absolute atomic E-state index is 12.9. The van der Waals surface area contributed by atoms with Crippen LogP contribution in [0.5, 0.6) is 0 Å². The summed E-state index contributed by atoms with van der Waals surface area (Å²) in [5, 5.41) is 8.17. The number of hydrogen-bond donors (Lipinski definition) is 3. The molecule has 1 aliphatic heterocycles. The first-order valence-corrected chi connectivity index (χ1v) is 12.2. The molecular formula is C23H28N4O5S. The van der Waals surface area contributed by atoms with Crippen LogP contribution >= 0.6 is 0 Å². The van der Waals surface area contributed by atoms with Gasteiger partial charge in [-0.15, -0.1) is 0 Å². The first-order valence-electron chi connectivity index (χ1n) is 10.8. The average molecular weight is 473 g/mol. The second-order valence-electron chi connectivity index (χ2n) is 7.81. The van der Waals surface area contributed by atoms with E-state index < -0.39 is 10.0 Å². The van der Waals surface area contributed by atoms with Crippen molar-refractivity contribution >= 4 is 39.1 Å². The minimum Gasteiger partial charge on any atom is -0.338 e. The fourth-order valence-corrected chi connectivity index (χ4v) is 5.09. The van der Waals surface area contributed by atoms with Gasteiger partial charge >= 0.3 is 6.03 Å². The normalized spacial score (nSPS) is 15.0. The molecule has 0 aliphatic carbocycles. The molecule has 0 bridgehead atoms. The minimum atomic E-state index is -3.69. The molecule has 33 heavy (non-hydrogen) atoms. The Kier molecular flexibility index (Phi) is 7.83. The zero-order valence-electron chi connectivity index (χ0n) is 18.6. The van der Waals surface area contributed by atoms with Crippen molar-refractivity contribution in [2.45, 2.75) is 31.6 Å². The first kappa shape index (κ1) is 24.4. The SMILES string of the molecule is CCNC(=O)Nc1cccc(NC(=O)C2CCN(S(=O)(=O)c3ccc(C(C)=O)cc3)CC2)c1. The van der Waals surface area contributed by atoms with Gasteiger partial charge in [-0.05, 0) is 57.0 Å². The van der Waals surface area contributed by atoms with Crippen molar-refractivity contribution in [3.63, 3.8) is 0 Å². The molecule has 3 N–H and O–H groups in total. The fraction of sp³-hybridized carbons (Fsp3) is 0.348. The van der Waals surface area contributed by atoms with Crippen LogP contribution < -0.4 is 16.0 Å². The maximum Gasteiger partial charge on any atom is 0.319 e. The van der Waals surface area contributed by atoms with E-state index in [0.29, 0.717) is 36.3 Å². The predicted octanol–water partition coefficient (Wildman–Crippen LogP) is 3.07. The van der Waals surface area contributed by atoms with E-state index >= 15 is 0 Å². The quantitative estimate of drug-likeness (QED) is 0.534. The van der Waals surface area contributed by atoms with E-state index in [2.05, 4.69) is 16.0 Å². The summed E-state index contributed by atoms with van der Waals surface area (Å²) in [4.78, 5) is 35.9. The fourth-order valence-electron chi connectivity index (χ4n) is 3.62. The molecule has 176 valence electrons. The third kappa shape index (κ3) is 6.17. The van der Waals surface area contributed by atoms with Gasteiger partial charge in [0.25, 0.3) is 0 Å². The van der Waals surface area contributed by atoms with Gasteiger partial charge in [-0.3, -0.25) is 9.59 Å².